The molecule has 3 rings (SSSR count). The number of amides is 1. The van der Waals surface area contributed by atoms with Crippen molar-refractivity contribution < 1.29 is 32.3 Å². The van der Waals surface area contributed by atoms with Crippen LogP contribution in [0.3, 0.4) is 0 Å². The molecule has 33 heavy (non-hydrogen) atoms. The number of hydrogen-bond donors (Lipinski definition) is 2. The molecule has 9 heteroatoms. The Kier molecular flexibility index (Phi) is 7.53. The maximum atomic E-state index is 13.0. The van der Waals surface area contributed by atoms with Gasteiger partial charge in [-0.3, -0.25) is 9.59 Å². The predicted octanol–water partition coefficient (Wildman–Crippen LogP) is 6.66. The van der Waals surface area contributed by atoms with Crippen molar-refractivity contribution >= 4 is 29.3 Å². The standard InChI is InChI=1S/C24H22F3NO4S/c1-14(2)22-19(11-20(32-22)16-6-8-17(9-7-16)24(25,26)27)23(31)28-18-5-3-4-15(10-18)12-33-13-21(29)30/h3-11,14H,12-13H2,1-2H3,(H,28,31)(H,29,30). The van der Waals surface area contributed by atoms with Gasteiger partial charge >= 0.3 is 12.1 Å². The van der Waals surface area contributed by atoms with Crippen LogP contribution in [0.1, 0.15) is 47.0 Å². The van der Waals surface area contributed by atoms with Crippen LogP contribution in [-0.4, -0.2) is 22.7 Å². The fraction of sp³-hybridized carbons (Fsp3) is 0.250. The van der Waals surface area contributed by atoms with E-state index in [-0.39, 0.29) is 11.7 Å². The van der Waals surface area contributed by atoms with Gasteiger partial charge in [0.15, 0.2) is 0 Å². The lowest BCUT2D eigenvalue weighted by atomic mass is 10.1. The van der Waals surface area contributed by atoms with Crippen LogP contribution in [0.15, 0.2) is 59.0 Å². The summed E-state index contributed by atoms with van der Waals surface area (Å²) in [4.78, 5) is 23.7. The van der Waals surface area contributed by atoms with E-state index >= 15 is 0 Å². The Hall–Kier alpha value is -3.20. The highest BCUT2D eigenvalue weighted by Crippen LogP contribution is 2.34. The van der Waals surface area contributed by atoms with E-state index < -0.39 is 23.6 Å². The second kappa shape index (κ2) is 10.2. The molecular weight excluding hydrogens is 455 g/mol. The molecule has 2 N–H and O–H groups in total. The van der Waals surface area contributed by atoms with Gasteiger partial charge in [-0.05, 0) is 35.9 Å². The first kappa shape index (κ1) is 24.4. The first-order chi connectivity index (χ1) is 15.5. The number of nitrogens with one attached hydrogen (secondary N) is 1. The van der Waals surface area contributed by atoms with Crippen molar-refractivity contribution in [3.05, 3.63) is 77.0 Å². The Balaban J connectivity index is 1.81. The number of benzene rings is 2. The lowest BCUT2D eigenvalue weighted by molar-refractivity contribution is -0.137. The van der Waals surface area contributed by atoms with Crippen molar-refractivity contribution in [1.82, 2.24) is 0 Å². The normalized spacial score (nSPS) is 11.6. The second-order valence-electron chi connectivity index (χ2n) is 7.66. The number of carboxylic acids is 1. The Morgan fingerprint density at radius 2 is 1.79 bits per heavy atom. The number of alkyl halides is 3. The van der Waals surface area contributed by atoms with Gasteiger partial charge in [0.1, 0.15) is 11.5 Å². The van der Waals surface area contributed by atoms with Gasteiger partial charge in [0.05, 0.1) is 16.9 Å². The van der Waals surface area contributed by atoms with Crippen LogP contribution in [0.2, 0.25) is 0 Å². The van der Waals surface area contributed by atoms with E-state index in [0.29, 0.717) is 34.1 Å². The SMILES string of the molecule is CC(C)c1oc(-c2ccc(C(F)(F)F)cc2)cc1C(=O)Nc1cccc(CSCC(=O)O)c1. The van der Waals surface area contributed by atoms with E-state index in [0.717, 1.165) is 17.7 Å². The second-order valence-corrected chi connectivity index (χ2v) is 8.65. The van der Waals surface area contributed by atoms with Crippen LogP contribution in [0.5, 0.6) is 0 Å². The third kappa shape index (κ3) is 6.41. The lowest BCUT2D eigenvalue weighted by Crippen LogP contribution is -2.13. The number of thioether (sulfide) groups is 1. The summed E-state index contributed by atoms with van der Waals surface area (Å²) in [7, 11) is 0. The molecule has 0 aliphatic rings. The Morgan fingerprint density at radius 1 is 1.09 bits per heavy atom. The van der Waals surface area contributed by atoms with Gasteiger partial charge in [0.25, 0.3) is 5.91 Å². The van der Waals surface area contributed by atoms with Crippen LogP contribution < -0.4 is 5.32 Å². The van der Waals surface area contributed by atoms with E-state index in [4.69, 9.17) is 9.52 Å². The maximum Gasteiger partial charge on any atom is 0.416 e. The molecule has 174 valence electrons. The monoisotopic (exact) mass is 477 g/mol. The number of halogens is 3. The van der Waals surface area contributed by atoms with Crippen molar-refractivity contribution in [2.75, 3.05) is 11.1 Å². The van der Waals surface area contributed by atoms with Gasteiger partial charge in [-0.25, -0.2) is 0 Å². The molecule has 0 fully saturated rings. The van der Waals surface area contributed by atoms with Crippen molar-refractivity contribution in [2.45, 2.75) is 31.7 Å². The fourth-order valence-electron chi connectivity index (χ4n) is 3.17. The van der Waals surface area contributed by atoms with Crippen LogP contribution >= 0.6 is 11.8 Å². The number of carboxylic acid groups (broad SMARTS) is 1. The Labute approximate surface area is 193 Å². The number of carbonyl (C=O) groups excluding carboxylic acids is 1. The molecule has 2 aromatic carbocycles. The van der Waals surface area contributed by atoms with Crippen molar-refractivity contribution in [2.24, 2.45) is 0 Å². The zero-order chi connectivity index (χ0) is 24.2. The molecule has 1 amide bonds. The first-order valence-corrected chi connectivity index (χ1v) is 11.2. The lowest BCUT2D eigenvalue weighted by Gasteiger charge is -2.08. The summed E-state index contributed by atoms with van der Waals surface area (Å²) in [6, 6.07) is 13.2. The Morgan fingerprint density at radius 3 is 2.39 bits per heavy atom. The maximum absolute atomic E-state index is 13.0. The number of aliphatic carboxylic acids is 1. The minimum atomic E-state index is -4.43. The molecule has 0 radical (unpaired) electrons. The summed E-state index contributed by atoms with van der Waals surface area (Å²) in [5.41, 5.74) is 1.37. The summed E-state index contributed by atoms with van der Waals surface area (Å²) in [5.74, 6) is -0.238. The van der Waals surface area contributed by atoms with Crippen LogP contribution in [0, 0.1) is 0 Å². The molecule has 0 saturated carbocycles. The topological polar surface area (TPSA) is 79.5 Å². The molecule has 0 saturated heterocycles. The van der Waals surface area contributed by atoms with E-state index in [1.807, 2.05) is 19.9 Å². The summed E-state index contributed by atoms with van der Waals surface area (Å²) in [6.07, 6.45) is -4.43. The van der Waals surface area contributed by atoms with Crippen molar-refractivity contribution in [1.29, 1.82) is 0 Å². The molecule has 1 aromatic heterocycles. The number of carbonyl (C=O) groups is 2. The van der Waals surface area contributed by atoms with Gasteiger partial charge in [0, 0.05) is 22.9 Å². The first-order valence-electron chi connectivity index (χ1n) is 10.1. The third-order valence-corrected chi connectivity index (χ3v) is 5.69. The number of rotatable bonds is 8. The molecule has 0 spiro atoms. The van der Waals surface area contributed by atoms with E-state index in [1.165, 1.54) is 30.0 Å². The molecule has 5 nitrogen and oxygen atoms in total. The summed E-state index contributed by atoms with van der Waals surface area (Å²) in [5, 5.41) is 11.6. The zero-order valence-electron chi connectivity index (χ0n) is 17.9. The number of anilines is 1. The van der Waals surface area contributed by atoms with E-state index in [9.17, 15) is 22.8 Å². The molecule has 0 unspecified atom stereocenters. The minimum absolute atomic E-state index is 0.0178. The van der Waals surface area contributed by atoms with Crippen LogP contribution in [0.25, 0.3) is 11.3 Å². The largest absolute Gasteiger partial charge is 0.481 e. The molecule has 3 aromatic rings. The highest BCUT2D eigenvalue weighted by atomic mass is 32.2. The number of furan rings is 1. The summed E-state index contributed by atoms with van der Waals surface area (Å²) >= 11 is 1.25. The van der Waals surface area contributed by atoms with Crippen molar-refractivity contribution in [3.63, 3.8) is 0 Å². The molecule has 0 aliphatic heterocycles. The van der Waals surface area contributed by atoms with Gasteiger partial charge in [0.2, 0.25) is 0 Å². The zero-order valence-corrected chi connectivity index (χ0v) is 18.7. The predicted molar refractivity (Wildman–Crippen MR) is 121 cm³/mol. The van der Waals surface area contributed by atoms with E-state index in [1.54, 1.807) is 18.2 Å². The van der Waals surface area contributed by atoms with Gasteiger partial charge in [-0.15, -0.1) is 11.8 Å². The summed E-state index contributed by atoms with van der Waals surface area (Å²) < 4.78 is 44.4. The molecule has 0 aliphatic carbocycles. The molecular formula is C24H22F3NO4S. The van der Waals surface area contributed by atoms with Crippen LogP contribution in [0.4, 0.5) is 18.9 Å². The molecule has 0 bridgehead atoms. The van der Waals surface area contributed by atoms with Gasteiger partial charge in [-0.2, -0.15) is 13.2 Å². The third-order valence-electron chi connectivity index (χ3n) is 4.71. The van der Waals surface area contributed by atoms with Crippen LogP contribution in [-0.2, 0) is 16.7 Å². The quantitative estimate of drug-likeness (QED) is 0.379. The fourth-order valence-corrected chi connectivity index (χ4v) is 3.86. The summed E-state index contributed by atoms with van der Waals surface area (Å²) in [6.45, 7) is 3.71. The smallest absolute Gasteiger partial charge is 0.416 e. The molecule has 1 heterocycles. The highest BCUT2D eigenvalue weighted by Gasteiger charge is 2.30. The minimum Gasteiger partial charge on any atom is -0.481 e. The average Bonchev–Trinajstić information content (AvgIpc) is 3.19. The molecule has 0 atom stereocenters. The number of hydrogen-bond acceptors (Lipinski definition) is 4. The average molecular weight is 478 g/mol. The van der Waals surface area contributed by atoms with Gasteiger partial charge < -0.3 is 14.8 Å². The van der Waals surface area contributed by atoms with E-state index in [2.05, 4.69) is 5.32 Å². The van der Waals surface area contributed by atoms with Gasteiger partial charge in [-0.1, -0.05) is 38.1 Å². The Bertz CT molecular complexity index is 1140. The highest BCUT2D eigenvalue weighted by molar-refractivity contribution is 7.99. The van der Waals surface area contributed by atoms with Crippen molar-refractivity contribution in [3.8, 4) is 11.3 Å².